The minimum absolute atomic E-state index is 0.235. The van der Waals surface area contributed by atoms with Crippen LogP contribution >= 0.6 is 7.82 Å². The molecule has 1 aliphatic rings. The number of hydrogen-bond acceptors (Lipinski definition) is 6. The van der Waals surface area contributed by atoms with Crippen LogP contribution in [0, 0.1) is 0 Å². The first-order valence-electron chi connectivity index (χ1n) is 7.53. The molecule has 1 aliphatic heterocycles. The third kappa shape index (κ3) is 6.43. The molecule has 0 spiro atoms. The van der Waals surface area contributed by atoms with Gasteiger partial charge in [0.2, 0.25) is 5.91 Å². The molecule has 24 heavy (non-hydrogen) atoms. The first-order chi connectivity index (χ1) is 11.0. The number of phosphoric acid groups is 1. The number of amides is 1. The second-order valence-corrected chi connectivity index (χ2v) is 6.73. The quantitative estimate of drug-likeness (QED) is 0.505. The Morgan fingerprint density at radius 2 is 1.88 bits per heavy atom. The van der Waals surface area contributed by atoms with E-state index in [1.807, 2.05) is 6.92 Å². The highest BCUT2D eigenvalue weighted by atomic mass is 31.2. The molecular weight excluding hydrogens is 341 g/mol. The molecule has 0 aromatic rings. The fraction of sp³-hybridized carbons (Fsp3) is 0.714. The van der Waals surface area contributed by atoms with E-state index in [0.717, 1.165) is 0 Å². The predicted octanol–water partition coefficient (Wildman–Crippen LogP) is 0.955. The van der Waals surface area contributed by atoms with Crippen LogP contribution in [0.15, 0.2) is 12.3 Å². The largest absolute Gasteiger partial charge is 0.469 e. The number of allylic oxidation sites excluding steroid dienone is 1. The summed E-state index contributed by atoms with van der Waals surface area (Å²) in [5, 5.41) is 0. The zero-order chi connectivity index (χ0) is 18.5. The van der Waals surface area contributed by atoms with E-state index < -0.39 is 32.4 Å². The van der Waals surface area contributed by atoms with Crippen LogP contribution in [0.1, 0.15) is 34.1 Å². The average Bonchev–Trinajstić information content (AvgIpc) is 2.45. The van der Waals surface area contributed by atoms with Crippen LogP contribution in [0.4, 0.5) is 0 Å². The van der Waals surface area contributed by atoms with Gasteiger partial charge in [0.15, 0.2) is 12.0 Å². The van der Waals surface area contributed by atoms with Gasteiger partial charge in [-0.2, -0.15) is 0 Å². The molecular formula is C14H24NO8P. The standard InChI is InChI=1S/C14H24NO8P/c1-5-12-14(15(11(4)17)7-6-9(2)16)23-13(10(3)22-12)8-21-24(18,19)20/h6-7,10,12-14H,5,8H2,1-4H3,(H2,18,19,20)/b7-6-/t10-,12-,13?,14?/m0/s1. The van der Waals surface area contributed by atoms with Gasteiger partial charge < -0.3 is 19.3 Å². The molecule has 0 radical (unpaired) electrons. The molecule has 0 saturated carbocycles. The van der Waals surface area contributed by atoms with Crippen LogP contribution in [0.25, 0.3) is 0 Å². The lowest BCUT2D eigenvalue weighted by molar-refractivity contribution is -0.252. The van der Waals surface area contributed by atoms with Gasteiger partial charge in [-0.3, -0.25) is 19.0 Å². The number of rotatable bonds is 7. The summed E-state index contributed by atoms with van der Waals surface area (Å²) in [4.78, 5) is 41.9. The van der Waals surface area contributed by atoms with Gasteiger partial charge in [0.1, 0.15) is 12.2 Å². The fourth-order valence-electron chi connectivity index (χ4n) is 2.25. The summed E-state index contributed by atoms with van der Waals surface area (Å²) in [6, 6.07) is 0. The van der Waals surface area contributed by atoms with E-state index in [4.69, 9.17) is 19.3 Å². The summed E-state index contributed by atoms with van der Waals surface area (Å²) in [5.41, 5.74) is 0. The van der Waals surface area contributed by atoms with Crippen LogP contribution in [0.3, 0.4) is 0 Å². The second kappa shape index (κ2) is 8.84. The van der Waals surface area contributed by atoms with E-state index in [9.17, 15) is 14.2 Å². The normalized spacial score (nSPS) is 28.1. The van der Waals surface area contributed by atoms with Crippen molar-refractivity contribution in [1.29, 1.82) is 0 Å². The molecule has 0 bridgehead atoms. The van der Waals surface area contributed by atoms with Crippen LogP contribution < -0.4 is 0 Å². The number of ether oxygens (including phenoxy) is 2. The van der Waals surface area contributed by atoms with Crippen molar-refractivity contribution in [2.24, 2.45) is 0 Å². The SMILES string of the molecule is CC[C@@H]1O[C@@H](C)C(COP(=O)(O)O)OC1N(/C=C\C(C)=O)C(C)=O. The molecule has 2 unspecified atom stereocenters. The predicted molar refractivity (Wildman–Crippen MR) is 83.6 cm³/mol. The Hall–Kier alpha value is -1.09. The van der Waals surface area contributed by atoms with E-state index in [-0.39, 0.29) is 18.3 Å². The second-order valence-electron chi connectivity index (χ2n) is 5.49. The maximum Gasteiger partial charge on any atom is 0.469 e. The van der Waals surface area contributed by atoms with Crippen LogP contribution in [0.2, 0.25) is 0 Å². The smallest absolute Gasteiger partial charge is 0.368 e. The molecule has 1 saturated heterocycles. The number of phosphoric ester groups is 1. The Morgan fingerprint density at radius 3 is 2.33 bits per heavy atom. The van der Waals surface area contributed by atoms with Crippen LogP contribution in [-0.4, -0.2) is 57.5 Å². The number of hydrogen-bond donors (Lipinski definition) is 2. The van der Waals surface area contributed by atoms with Crippen molar-refractivity contribution >= 4 is 19.5 Å². The van der Waals surface area contributed by atoms with E-state index in [1.54, 1.807) is 6.92 Å². The summed E-state index contributed by atoms with van der Waals surface area (Å²) >= 11 is 0. The number of nitrogens with zero attached hydrogens (tertiary/aromatic N) is 1. The zero-order valence-corrected chi connectivity index (χ0v) is 15.0. The van der Waals surface area contributed by atoms with Crippen molar-refractivity contribution in [2.75, 3.05) is 6.61 Å². The van der Waals surface area contributed by atoms with Crippen molar-refractivity contribution in [3.8, 4) is 0 Å². The van der Waals surface area contributed by atoms with Crippen molar-refractivity contribution < 1.29 is 37.9 Å². The van der Waals surface area contributed by atoms with Crippen LogP contribution in [0.5, 0.6) is 0 Å². The van der Waals surface area contributed by atoms with Gasteiger partial charge in [-0.05, 0) is 26.3 Å². The first-order valence-corrected chi connectivity index (χ1v) is 9.06. The minimum Gasteiger partial charge on any atom is -0.368 e. The molecule has 1 amide bonds. The fourth-order valence-corrected chi connectivity index (χ4v) is 2.59. The van der Waals surface area contributed by atoms with E-state index in [2.05, 4.69) is 4.52 Å². The van der Waals surface area contributed by atoms with Crippen LogP contribution in [-0.2, 0) is 28.2 Å². The Balaban J connectivity index is 2.96. The van der Waals surface area contributed by atoms with Gasteiger partial charge in [0.25, 0.3) is 0 Å². The number of ketones is 1. The molecule has 138 valence electrons. The Morgan fingerprint density at radius 1 is 1.25 bits per heavy atom. The maximum absolute atomic E-state index is 11.9. The zero-order valence-electron chi connectivity index (χ0n) is 14.1. The molecule has 1 fully saturated rings. The van der Waals surface area contributed by atoms with Gasteiger partial charge in [0, 0.05) is 13.1 Å². The third-order valence-electron chi connectivity index (χ3n) is 3.46. The lowest BCUT2D eigenvalue weighted by Crippen LogP contribution is -2.56. The molecule has 4 atom stereocenters. The molecule has 0 aromatic heterocycles. The lowest BCUT2D eigenvalue weighted by Gasteiger charge is -2.43. The van der Waals surface area contributed by atoms with Gasteiger partial charge >= 0.3 is 7.82 Å². The summed E-state index contributed by atoms with van der Waals surface area (Å²) in [6.07, 6.45) is 0.547. The highest BCUT2D eigenvalue weighted by Crippen LogP contribution is 2.37. The average molecular weight is 365 g/mol. The van der Waals surface area contributed by atoms with Gasteiger partial charge in [-0.1, -0.05) is 6.92 Å². The highest BCUT2D eigenvalue weighted by molar-refractivity contribution is 7.46. The number of carbonyl (C=O) groups excluding carboxylic acids is 2. The van der Waals surface area contributed by atoms with Gasteiger partial charge in [0.05, 0.1) is 12.7 Å². The van der Waals surface area contributed by atoms with Gasteiger partial charge in [-0.25, -0.2) is 4.57 Å². The topological polar surface area (TPSA) is 123 Å². The van der Waals surface area contributed by atoms with Crippen molar-refractivity contribution in [3.63, 3.8) is 0 Å². The lowest BCUT2D eigenvalue weighted by atomic mass is 10.1. The molecule has 0 aliphatic carbocycles. The van der Waals surface area contributed by atoms with E-state index in [0.29, 0.717) is 6.42 Å². The molecule has 1 heterocycles. The van der Waals surface area contributed by atoms with Crippen molar-refractivity contribution in [3.05, 3.63) is 12.3 Å². The molecule has 2 N–H and O–H groups in total. The minimum atomic E-state index is -4.64. The van der Waals surface area contributed by atoms with E-state index in [1.165, 1.54) is 31.0 Å². The molecule has 9 nitrogen and oxygen atoms in total. The summed E-state index contributed by atoms with van der Waals surface area (Å²) in [6.45, 7) is 5.83. The first kappa shape index (κ1) is 21.0. The highest BCUT2D eigenvalue weighted by Gasteiger charge is 2.40. The maximum atomic E-state index is 11.9. The summed E-state index contributed by atoms with van der Waals surface area (Å²) < 4.78 is 26.9. The van der Waals surface area contributed by atoms with Gasteiger partial charge in [-0.15, -0.1) is 0 Å². The molecule has 10 heteroatoms. The Labute approximate surface area is 140 Å². The third-order valence-corrected chi connectivity index (χ3v) is 3.95. The van der Waals surface area contributed by atoms with Crippen molar-refractivity contribution in [1.82, 2.24) is 4.90 Å². The number of carbonyl (C=O) groups is 2. The molecule has 0 aromatic carbocycles. The summed E-state index contributed by atoms with van der Waals surface area (Å²) in [7, 11) is -4.64. The molecule has 1 rings (SSSR count). The summed E-state index contributed by atoms with van der Waals surface area (Å²) in [5.74, 6) is -0.593. The van der Waals surface area contributed by atoms with Crippen molar-refractivity contribution in [2.45, 2.75) is 58.7 Å². The Bertz CT molecular complexity index is 531. The monoisotopic (exact) mass is 365 g/mol. The van der Waals surface area contributed by atoms with E-state index >= 15 is 0 Å². The Kier molecular flexibility index (Phi) is 7.72.